The fraction of sp³-hybridized carbons (Fsp3) is 0.200. The lowest BCUT2D eigenvalue weighted by Crippen LogP contribution is -2.21. The maximum Gasteiger partial charge on any atom is 0.417 e. The summed E-state index contributed by atoms with van der Waals surface area (Å²) in [6.07, 6.45) is -0.775. The summed E-state index contributed by atoms with van der Waals surface area (Å²) in [5.41, 5.74) is 6.01. The summed E-state index contributed by atoms with van der Waals surface area (Å²) in [6, 6.07) is 11.5. The molecule has 3 aromatic rings. The summed E-state index contributed by atoms with van der Waals surface area (Å²) in [4.78, 5) is 12.3. The van der Waals surface area contributed by atoms with Gasteiger partial charge in [-0.3, -0.25) is 5.32 Å². The molecule has 28 heavy (non-hydrogen) atoms. The SMILES string of the molecule is CC(C)(C)c1nn(-c2cc(F)ccc2F)c(N)c1NC(=O)Oc1ccccc1. The average molecular weight is 386 g/mol. The zero-order valence-electron chi connectivity index (χ0n) is 15.7. The normalized spacial score (nSPS) is 11.3. The van der Waals surface area contributed by atoms with Crippen LogP contribution in [-0.4, -0.2) is 15.9 Å². The van der Waals surface area contributed by atoms with Crippen molar-refractivity contribution in [2.45, 2.75) is 26.2 Å². The number of nitrogens with one attached hydrogen (secondary N) is 1. The Balaban J connectivity index is 2.01. The first-order valence-corrected chi connectivity index (χ1v) is 8.55. The molecule has 6 nitrogen and oxygen atoms in total. The van der Waals surface area contributed by atoms with Crippen molar-refractivity contribution in [1.29, 1.82) is 0 Å². The van der Waals surface area contributed by atoms with Crippen molar-refractivity contribution in [3.05, 3.63) is 65.9 Å². The molecule has 3 rings (SSSR count). The molecule has 2 aromatic carbocycles. The number of amides is 1. The Bertz CT molecular complexity index is 1010. The van der Waals surface area contributed by atoms with Gasteiger partial charge in [0.25, 0.3) is 0 Å². The van der Waals surface area contributed by atoms with Crippen LogP contribution in [0.3, 0.4) is 0 Å². The zero-order chi connectivity index (χ0) is 20.5. The van der Waals surface area contributed by atoms with Crippen LogP contribution in [0, 0.1) is 11.6 Å². The van der Waals surface area contributed by atoms with Gasteiger partial charge in [0, 0.05) is 11.5 Å². The Kier molecular flexibility index (Phi) is 5.04. The monoisotopic (exact) mass is 386 g/mol. The Morgan fingerprint density at radius 1 is 1.14 bits per heavy atom. The molecule has 0 atom stereocenters. The van der Waals surface area contributed by atoms with E-state index in [0.29, 0.717) is 11.4 Å². The number of nitrogens with two attached hydrogens (primary N) is 1. The van der Waals surface area contributed by atoms with Crippen molar-refractivity contribution in [2.75, 3.05) is 11.1 Å². The highest BCUT2D eigenvalue weighted by Gasteiger charge is 2.28. The molecule has 0 bridgehead atoms. The van der Waals surface area contributed by atoms with E-state index in [2.05, 4.69) is 10.4 Å². The molecular weight excluding hydrogens is 366 g/mol. The molecule has 1 heterocycles. The second kappa shape index (κ2) is 7.30. The highest BCUT2D eigenvalue weighted by Crippen LogP contribution is 2.35. The predicted molar refractivity (Wildman–Crippen MR) is 103 cm³/mol. The Morgan fingerprint density at radius 3 is 2.46 bits per heavy atom. The van der Waals surface area contributed by atoms with E-state index in [1.807, 2.05) is 20.8 Å². The number of ether oxygens (including phenoxy) is 1. The number of rotatable bonds is 3. The maximum atomic E-state index is 14.2. The number of aromatic nitrogens is 2. The van der Waals surface area contributed by atoms with Crippen LogP contribution in [0.25, 0.3) is 5.69 Å². The van der Waals surface area contributed by atoms with Gasteiger partial charge in [-0.15, -0.1) is 0 Å². The number of carbonyl (C=O) groups excluding carboxylic acids is 1. The zero-order valence-corrected chi connectivity index (χ0v) is 15.7. The number of hydrogen-bond donors (Lipinski definition) is 2. The largest absolute Gasteiger partial charge is 0.417 e. The lowest BCUT2D eigenvalue weighted by Gasteiger charge is -2.17. The molecule has 0 fully saturated rings. The minimum atomic E-state index is -0.775. The first kappa shape index (κ1) is 19.3. The van der Waals surface area contributed by atoms with E-state index >= 15 is 0 Å². The summed E-state index contributed by atoms with van der Waals surface area (Å²) < 4.78 is 34.1. The number of carbonyl (C=O) groups is 1. The van der Waals surface area contributed by atoms with Gasteiger partial charge in [0.05, 0.1) is 5.69 Å². The molecule has 0 saturated carbocycles. The fourth-order valence-electron chi connectivity index (χ4n) is 2.63. The average Bonchev–Trinajstić information content (AvgIpc) is 2.94. The van der Waals surface area contributed by atoms with E-state index in [-0.39, 0.29) is 17.2 Å². The van der Waals surface area contributed by atoms with Crippen LogP contribution < -0.4 is 15.8 Å². The van der Waals surface area contributed by atoms with Crippen molar-refractivity contribution in [3.63, 3.8) is 0 Å². The van der Waals surface area contributed by atoms with Gasteiger partial charge in [-0.1, -0.05) is 39.0 Å². The Hall–Kier alpha value is -3.42. The summed E-state index contributed by atoms with van der Waals surface area (Å²) in [6.45, 7) is 5.57. The second-order valence-electron chi connectivity index (χ2n) is 7.19. The molecule has 1 amide bonds. The van der Waals surface area contributed by atoms with Crippen molar-refractivity contribution in [3.8, 4) is 11.4 Å². The van der Waals surface area contributed by atoms with Crippen LogP contribution in [0.4, 0.5) is 25.1 Å². The summed E-state index contributed by atoms with van der Waals surface area (Å²) in [5.74, 6) is -1.03. The van der Waals surface area contributed by atoms with E-state index in [4.69, 9.17) is 10.5 Å². The van der Waals surface area contributed by atoms with Gasteiger partial charge in [0.15, 0.2) is 5.82 Å². The smallest absolute Gasteiger partial charge is 0.410 e. The molecule has 8 heteroatoms. The van der Waals surface area contributed by atoms with Crippen LogP contribution >= 0.6 is 0 Å². The van der Waals surface area contributed by atoms with Gasteiger partial charge in [0.1, 0.15) is 28.8 Å². The van der Waals surface area contributed by atoms with Gasteiger partial charge in [0.2, 0.25) is 0 Å². The molecule has 0 saturated heterocycles. The van der Waals surface area contributed by atoms with Gasteiger partial charge in [-0.2, -0.15) is 5.10 Å². The first-order valence-electron chi connectivity index (χ1n) is 8.55. The molecule has 0 aliphatic rings. The number of benzene rings is 2. The number of nitrogens with zero attached hydrogens (tertiary/aromatic N) is 2. The molecule has 146 valence electrons. The summed E-state index contributed by atoms with van der Waals surface area (Å²) >= 11 is 0. The van der Waals surface area contributed by atoms with Crippen LogP contribution in [0.1, 0.15) is 26.5 Å². The number of para-hydroxylation sites is 1. The van der Waals surface area contributed by atoms with Crippen LogP contribution in [0.2, 0.25) is 0 Å². The third-order valence-corrected chi connectivity index (χ3v) is 3.95. The molecule has 0 unspecified atom stereocenters. The topological polar surface area (TPSA) is 82.2 Å². The van der Waals surface area contributed by atoms with Gasteiger partial charge >= 0.3 is 6.09 Å². The van der Waals surface area contributed by atoms with Crippen LogP contribution in [0.15, 0.2) is 48.5 Å². The van der Waals surface area contributed by atoms with Crippen molar-refractivity contribution >= 4 is 17.6 Å². The third kappa shape index (κ3) is 3.95. The van der Waals surface area contributed by atoms with Crippen molar-refractivity contribution in [1.82, 2.24) is 9.78 Å². The number of hydrogen-bond acceptors (Lipinski definition) is 4. The lowest BCUT2D eigenvalue weighted by molar-refractivity contribution is 0.215. The van der Waals surface area contributed by atoms with Gasteiger partial charge in [-0.05, 0) is 24.3 Å². The van der Waals surface area contributed by atoms with Crippen LogP contribution in [-0.2, 0) is 5.41 Å². The summed E-state index contributed by atoms with van der Waals surface area (Å²) in [7, 11) is 0. The summed E-state index contributed by atoms with van der Waals surface area (Å²) in [5, 5.41) is 6.90. The second-order valence-corrected chi connectivity index (χ2v) is 7.19. The van der Waals surface area contributed by atoms with E-state index in [0.717, 1.165) is 22.9 Å². The van der Waals surface area contributed by atoms with E-state index in [1.165, 1.54) is 0 Å². The molecular formula is C20H20F2N4O2. The van der Waals surface area contributed by atoms with Crippen molar-refractivity contribution < 1.29 is 18.3 Å². The highest BCUT2D eigenvalue weighted by molar-refractivity contribution is 5.91. The number of anilines is 2. The maximum absolute atomic E-state index is 14.2. The van der Waals surface area contributed by atoms with Crippen LogP contribution in [0.5, 0.6) is 5.75 Å². The molecule has 0 radical (unpaired) electrons. The molecule has 0 spiro atoms. The first-order chi connectivity index (χ1) is 13.2. The standard InChI is InChI=1S/C20H20F2N4O2/c1-20(2,3)17-16(24-19(27)28-13-7-5-4-6-8-13)18(23)26(25-17)15-11-12(21)9-10-14(15)22/h4-11H,23H2,1-3H3,(H,24,27). The van der Waals surface area contributed by atoms with E-state index in [1.54, 1.807) is 30.3 Å². The molecule has 1 aromatic heterocycles. The third-order valence-electron chi connectivity index (χ3n) is 3.95. The van der Waals surface area contributed by atoms with Crippen molar-refractivity contribution in [2.24, 2.45) is 0 Å². The fourth-order valence-corrected chi connectivity index (χ4v) is 2.63. The lowest BCUT2D eigenvalue weighted by atomic mass is 9.91. The Morgan fingerprint density at radius 2 is 1.82 bits per heavy atom. The minimum Gasteiger partial charge on any atom is -0.410 e. The van der Waals surface area contributed by atoms with Gasteiger partial charge in [-0.25, -0.2) is 18.3 Å². The Labute approximate surface area is 160 Å². The molecule has 0 aliphatic heterocycles. The quantitative estimate of drug-likeness (QED) is 0.687. The number of nitrogen functional groups attached to an aromatic ring is 1. The minimum absolute atomic E-state index is 0.0422. The highest BCUT2D eigenvalue weighted by atomic mass is 19.1. The predicted octanol–water partition coefficient (Wildman–Crippen LogP) is 4.64. The molecule has 0 aliphatic carbocycles. The van der Waals surface area contributed by atoms with E-state index in [9.17, 15) is 13.6 Å². The molecule has 3 N–H and O–H groups in total. The van der Waals surface area contributed by atoms with E-state index < -0.39 is 23.1 Å². The number of halogens is 2. The van der Waals surface area contributed by atoms with Gasteiger partial charge < -0.3 is 10.5 Å².